The third kappa shape index (κ3) is 3.71. The second kappa shape index (κ2) is 7.57. The zero-order chi connectivity index (χ0) is 16.1. The van der Waals surface area contributed by atoms with Crippen LogP contribution < -0.4 is 4.90 Å². The summed E-state index contributed by atoms with van der Waals surface area (Å²) in [5.41, 5.74) is 0.904. The summed E-state index contributed by atoms with van der Waals surface area (Å²) in [6.07, 6.45) is 2.24. The molecule has 0 radical (unpaired) electrons. The van der Waals surface area contributed by atoms with Gasteiger partial charge in [0.15, 0.2) is 11.2 Å². The van der Waals surface area contributed by atoms with Crippen LogP contribution >= 0.6 is 11.3 Å². The van der Waals surface area contributed by atoms with E-state index in [-0.39, 0.29) is 5.91 Å². The topological polar surface area (TPSA) is 45.7 Å². The highest BCUT2D eigenvalue weighted by Crippen LogP contribution is 2.22. The number of aromatic nitrogens is 1. The SMILES string of the molecule is COC(C(=O)N1CCCN(c2nccs2)CC1)c1ccccc1. The highest BCUT2D eigenvalue weighted by atomic mass is 32.1. The van der Waals surface area contributed by atoms with Crippen molar-refractivity contribution in [3.05, 3.63) is 47.5 Å². The summed E-state index contributed by atoms with van der Waals surface area (Å²) in [6, 6.07) is 9.68. The molecule has 0 saturated carbocycles. The number of carbonyl (C=O) groups excluding carboxylic acids is 1. The first-order valence-corrected chi connectivity index (χ1v) is 8.68. The smallest absolute Gasteiger partial charge is 0.256 e. The molecule has 1 aromatic carbocycles. The molecule has 1 fully saturated rings. The third-order valence-corrected chi connectivity index (χ3v) is 4.89. The van der Waals surface area contributed by atoms with Crippen LogP contribution in [0.3, 0.4) is 0 Å². The standard InChI is InChI=1S/C17H21N3O2S/c1-22-15(14-6-3-2-4-7-14)16(21)19-9-5-10-20(12-11-19)17-18-8-13-23-17/h2-4,6-8,13,15H,5,9-12H2,1H3. The number of ether oxygens (including phenoxy) is 1. The number of benzene rings is 1. The van der Waals surface area contributed by atoms with Gasteiger partial charge in [-0.2, -0.15) is 0 Å². The van der Waals surface area contributed by atoms with Gasteiger partial charge < -0.3 is 14.5 Å². The Morgan fingerprint density at radius 1 is 1.22 bits per heavy atom. The van der Waals surface area contributed by atoms with Crippen LogP contribution in [0.1, 0.15) is 18.1 Å². The number of amides is 1. The first-order chi connectivity index (χ1) is 11.3. The van der Waals surface area contributed by atoms with Gasteiger partial charge in [-0.15, -0.1) is 11.3 Å². The molecular formula is C17H21N3O2S. The van der Waals surface area contributed by atoms with Crippen LogP contribution in [0.25, 0.3) is 0 Å². The zero-order valence-corrected chi connectivity index (χ0v) is 14.0. The Bertz CT molecular complexity index is 618. The van der Waals surface area contributed by atoms with Gasteiger partial charge in [0.25, 0.3) is 5.91 Å². The molecule has 2 aromatic rings. The molecule has 5 nitrogen and oxygen atoms in total. The van der Waals surface area contributed by atoms with Crippen molar-refractivity contribution in [1.82, 2.24) is 9.88 Å². The average molecular weight is 331 g/mol. The molecule has 23 heavy (non-hydrogen) atoms. The second-order valence-corrected chi connectivity index (χ2v) is 6.38. The van der Waals surface area contributed by atoms with Gasteiger partial charge in [0.1, 0.15) is 0 Å². The predicted octanol–water partition coefficient (Wildman–Crippen LogP) is 2.57. The summed E-state index contributed by atoms with van der Waals surface area (Å²) >= 11 is 1.64. The van der Waals surface area contributed by atoms with Crippen molar-refractivity contribution in [2.24, 2.45) is 0 Å². The molecule has 0 N–H and O–H groups in total. The number of rotatable bonds is 4. The lowest BCUT2D eigenvalue weighted by Gasteiger charge is -2.26. The molecule has 6 heteroatoms. The molecule has 0 spiro atoms. The van der Waals surface area contributed by atoms with Crippen molar-refractivity contribution >= 4 is 22.4 Å². The quantitative estimate of drug-likeness (QED) is 0.864. The minimum Gasteiger partial charge on any atom is -0.367 e. The summed E-state index contributed by atoms with van der Waals surface area (Å²) in [6.45, 7) is 3.20. The van der Waals surface area contributed by atoms with Gasteiger partial charge in [0, 0.05) is 44.9 Å². The monoisotopic (exact) mass is 331 g/mol. The van der Waals surface area contributed by atoms with Gasteiger partial charge in [0.05, 0.1) is 0 Å². The first kappa shape index (κ1) is 16.0. The van der Waals surface area contributed by atoms with E-state index in [0.29, 0.717) is 6.54 Å². The number of methoxy groups -OCH3 is 1. The molecule has 3 rings (SSSR count). The molecule has 1 aromatic heterocycles. The van der Waals surface area contributed by atoms with Crippen LogP contribution in [0, 0.1) is 0 Å². The molecule has 0 bridgehead atoms. The Morgan fingerprint density at radius 2 is 2.04 bits per heavy atom. The average Bonchev–Trinajstić information content (AvgIpc) is 3.01. The minimum absolute atomic E-state index is 0.0414. The van der Waals surface area contributed by atoms with Crippen molar-refractivity contribution in [3.63, 3.8) is 0 Å². The molecule has 2 heterocycles. The van der Waals surface area contributed by atoms with Crippen molar-refractivity contribution in [2.75, 3.05) is 38.2 Å². The molecule has 1 aliphatic heterocycles. The number of hydrogen-bond acceptors (Lipinski definition) is 5. The number of nitrogens with zero attached hydrogens (tertiary/aromatic N) is 3. The fourth-order valence-corrected chi connectivity index (χ4v) is 3.57. The van der Waals surface area contributed by atoms with E-state index in [1.807, 2.05) is 46.8 Å². The van der Waals surface area contributed by atoms with Gasteiger partial charge in [-0.3, -0.25) is 4.79 Å². The first-order valence-electron chi connectivity index (χ1n) is 7.80. The minimum atomic E-state index is -0.525. The van der Waals surface area contributed by atoms with Crippen molar-refractivity contribution in [2.45, 2.75) is 12.5 Å². The largest absolute Gasteiger partial charge is 0.367 e. The Morgan fingerprint density at radius 3 is 2.74 bits per heavy atom. The number of carbonyl (C=O) groups is 1. The van der Waals surface area contributed by atoms with Gasteiger partial charge in [-0.25, -0.2) is 4.98 Å². The van der Waals surface area contributed by atoms with E-state index < -0.39 is 6.10 Å². The molecule has 1 aliphatic rings. The Hall–Kier alpha value is -1.92. The summed E-state index contributed by atoms with van der Waals surface area (Å²) in [5, 5.41) is 3.02. The maximum absolute atomic E-state index is 12.8. The van der Waals surface area contributed by atoms with E-state index in [0.717, 1.165) is 36.8 Å². The number of anilines is 1. The van der Waals surface area contributed by atoms with Gasteiger partial charge in [0.2, 0.25) is 0 Å². The van der Waals surface area contributed by atoms with E-state index in [4.69, 9.17) is 4.74 Å². The van der Waals surface area contributed by atoms with E-state index in [9.17, 15) is 4.79 Å². The van der Waals surface area contributed by atoms with Crippen molar-refractivity contribution < 1.29 is 9.53 Å². The van der Waals surface area contributed by atoms with Gasteiger partial charge in [-0.05, 0) is 12.0 Å². The lowest BCUT2D eigenvalue weighted by Crippen LogP contribution is -2.38. The third-order valence-electron chi connectivity index (χ3n) is 4.06. The van der Waals surface area contributed by atoms with E-state index in [1.165, 1.54) is 0 Å². The van der Waals surface area contributed by atoms with Crippen LogP contribution in [0.5, 0.6) is 0 Å². The maximum atomic E-state index is 12.8. The predicted molar refractivity (Wildman–Crippen MR) is 91.7 cm³/mol. The summed E-state index contributed by atoms with van der Waals surface area (Å²) in [5.74, 6) is 0.0414. The molecular weight excluding hydrogens is 310 g/mol. The fourth-order valence-electron chi connectivity index (χ4n) is 2.87. The Kier molecular flexibility index (Phi) is 5.25. The van der Waals surface area contributed by atoms with Gasteiger partial charge >= 0.3 is 0 Å². The molecule has 122 valence electrons. The zero-order valence-electron chi connectivity index (χ0n) is 13.2. The maximum Gasteiger partial charge on any atom is 0.256 e. The van der Waals surface area contributed by atoms with Gasteiger partial charge in [-0.1, -0.05) is 30.3 Å². The van der Waals surface area contributed by atoms with E-state index in [2.05, 4.69) is 9.88 Å². The van der Waals surface area contributed by atoms with Crippen molar-refractivity contribution in [3.8, 4) is 0 Å². The lowest BCUT2D eigenvalue weighted by molar-refractivity contribution is -0.142. The van der Waals surface area contributed by atoms with Crippen LogP contribution in [0.15, 0.2) is 41.9 Å². The lowest BCUT2D eigenvalue weighted by atomic mass is 10.1. The second-order valence-electron chi connectivity index (χ2n) is 5.51. The van der Waals surface area contributed by atoms with Crippen molar-refractivity contribution in [1.29, 1.82) is 0 Å². The fraction of sp³-hybridized carbons (Fsp3) is 0.412. The molecule has 1 saturated heterocycles. The van der Waals surface area contributed by atoms with Crippen LogP contribution in [0.4, 0.5) is 5.13 Å². The number of thiazole rings is 1. The summed E-state index contributed by atoms with van der Waals surface area (Å²) in [7, 11) is 1.59. The molecule has 0 aliphatic carbocycles. The van der Waals surface area contributed by atoms with E-state index in [1.54, 1.807) is 18.4 Å². The highest BCUT2D eigenvalue weighted by molar-refractivity contribution is 7.13. The normalized spacial score (nSPS) is 16.9. The van der Waals surface area contributed by atoms with Crippen LogP contribution in [0.2, 0.25) is 0 Å². The molecule has 1 amide bonds. The Labute approximate surface area is 140 Å². The number of hydrogen-bond donors (Lipinski definition) is 0. The summed E-state index contributed by atoms with van der Waals surface area (Å²) < 4.78 is 5.48. The molecule has 1 unspecified atom stereocenters. The highest BCUT2D eigenvalue weighted by Gasteiger charge is 2.27. The van der Waals surface area contributed by atoms with E-state index >= 15 is 0 Å². The Balaban J connectivity index is 1.67. The molecule has 1 atom stereocenters. The summed E-state index contributed by atoms with van der Waals surface area (Å²) in [4.78, 5) is 21.4. The van der Waals surface area contributed by atoms with Crippen LogP contribution in [-0.2, 0) is 9.53 Å². The van der Waals surface area contributed by atoms with Crippen LogP contribution in [-0.4, -0.2) is 49.1 Å².